The highest BCUT2D eigenvalue weighted by atomic mass is 35.5. The van der Waals surface area contributed by atoms with Crippen LogP contribution in [0.5, 0.6) is 0 Å². The van der Waals surface area contributed by atoms with Crippen molar-refractivity contribution in [2.24, 2.45) is 7.05 Å². The normalized spacial score (nSPS) is 10.8. The third kappa shape index (κ3) is 4.00. The third-order valence-electron chi connectivity index (χ3n) is 3.64. The van der Waals surface area contributed by atoms with Gasteiger partial charge in [-0.25, -0.2) is 0 Å². The number of pyridine rings is 1. The van der Waals surface area contributed by atoms with Crippen LogP contribution in [-0.2, 0) is 11.8 Å². The van der Waals surface area contributed by atoms with E-state index >= 15 is 0 Å². The number of hydrogen-bond donors (Lipinski definition) is 1. The molecule has 0 radical (unpaired) electrons. The van der Waals surface area contributed by atoms with E-state index in [0.29, 0.717) is 26.7 Å². The van der Waals surface area contributed by atoms with Crippen molar-refractivity contribution in [3.05, 3.63) is 52.3 Å². The van der Waals surface area contributed by atoms with Crippen molar-refractivity contribution >= 4 is 46.6 Å². The summed E-state index contributed by atoms with van der Waals surface area (Å²) in [6, 6.07) is 7.24. The average Bonchev–Trinajstić information content (AvgIpc) is 3.01. The predicted molar refractivity (Wildman–Crippen MR) is 105 cm³/mol. The number of thioether (sulfide) groups is 1. The average molecular weight is 408 g/mol. The summed E-state index contributed by atoms with van der Waals surface area (Å²) in [5, 5.41) is 12.5. The van der Waals surface area contributed by atoms with E-state index in [1.807, 2.05) is 30.7 Å². The molecule has 0 atom stereocenters. The zero-order valence-electron chi connectivity index (χ0n) is 14.0. The molecule has 2 aromatic heterocycles. The molecule has 0 spiro atoms. The van der Waals surface area contributed by atoms with Crippen LogP contribution in [0, 0.1) is 6.92 Å². The van der Waals surface area contributed by atoms with Gasteiger partial charge in [0.25, 0.3) is 0 Å². The van der Waals surface area contributed by atoms with Gasteiger partial charge in [-0.2, -0.15) is 0 Å². The van der Waals surface area contributed by atoms with Gasteiger partial charge in [0.05, 0.1) is 21.5 Å². The zero-order valence-corrected chi connectivity index (χ0v) is 16.4. The number of aryl methyl sites for hydroxylation is 1. The first-order valence-corrected chi connectivity index (χ1v) is 9.38. The second-order valence-electron chi connectivity index (χ2n) is 5.50. The highest BCUT2D eigenvalue weighted by Crippen LogP contribution is 2.33. The first-order chi connectivity index (χ1) is 12.5. The summed E-state index contributed by atoms with van der Waals surface area (Å²) in [6.07, 6.45) is 3.41. The Morgan fingerprint density at radius 3 is 2.81 bits per heavy atom. The molecule has 0 aliphatic heterocycles. The molecule has 6 nitrogen and oxygen atoms in total. The van der Waals surface area contributed by atoms with Gasteiger partial charge in [0.2, 0.25) is 5.91 Å². The van der Waals surface area contributed by atoms with Crippen LogP contribution in [0.2, 0.25) is 10.0 Å². The molecule has 1 N–H and O–H groups in total. The first kappa shape index (κ1) is 18.7. The van der Waals surface area contributed by atoms with Crippen molar-refractivity contribution in [3.8, 4) is 11.4 Å². The number of carbonyl (C=O) groups excluding carboxylic acids is 1. The van der Waals surface area contributed by atoms with E-state index in [9.17, 15) is 4.79 Å². The molecule has 3 aromatic rings. The van der Waals surface area contributed by atoms with Crippen molar-refractivity contribution in [1.29, 1.82) is 0 Å². The first-order valence-electron chi connectivity index (χ1n) is 7.64. The molecule has 0 saturated heterocycles. The number of benzene rings is 1. The monoisotopic (exact) mass is 407 g/mol. The molecule has 1 amide bonds. The maximum Gasteiger partial charge on any atom is 0.234 e. The molecule has 2 heterocycles. The lowest BCUT2D eigenvalue weighted by atomic mass is 10.2. The minimum Gasteiger partial charge on any atom is -0.323 e. The third-order valence-corrected chi connectivity index (χ3v) is 5.46. The Labute approximate surface area is 164 Å². The van der Waals surface area contributed by atoms with Crippen LogP contribution in [0.4, 0.5) is 5.69 Å². The predicted octanol–water partition coefficient (Wildman–Crippen LogP) is 4.22. The number of hydrogen-bond acceptors (Lipinski definition) is 5. The SMILES string of the molecule is Cc1ccc(Cl)c(NC(=O)CSc2nnc(-c3cccnc3)n2C)c1Cl. The highest BCUT2D eigenvalue weighted by Gasteiger charge is 2.15. The summed E-state index contributed by atoms with van der Waals surface area (Å²) >= 11 is 13.6. The number of rotatable bonds is 5. The van der Waals surface area contributed by atoms with E-state index < -0.39 is 0 Å². The van der Waals surface area contributed by atoms with E-state index in [0.717, 1.165) is 11.1 Å². The van der Waals surface area contributed by atoms with E-state index in [4.69, 9.17) is 23.2 Å². The lowest BCUT2D eigenvalue weighted by Crippen LogP contribution is -2.15. The van der Waals surface area contributed by atoms with E-state index in [1.165, 1.54) is 11.8 Å². The number of anilines is 1. The van der Waals surface area contributed by atoms with Gasteiger partial charge < -0.3 is 9.88 Å². The Morgan fingerprint density at radius 2 is 2.08 bits per heavy atom. The van der Waals surface area contributed by atoms with Gasteiger partial charge in [-0.3, -0.25) is 9.78 Å². The van der Waals surface area contributed by atoms with Crippen LogP contribution in [-0.4, -0.2) is 31.4 Å². The Hall–Kier alpha value is -2.09. The van der Waals surface area contributed by atoms with Crippen molar-refractivity contribution < 1.29 is 4.79 Å². The molecule has 9 heteroatoms. The molecule has 0 fully saturated rings. The number of halogens is 2. The Morgan fingerprint density at radius 1 is 1.27 bits per heavy atom. The molecule has 0 aliphatic carbocycles. The zero-order chi connectivity index (χ0) is 18.7. The highest BCUT2D eigenvalue weighted by molar-refractivity contribution is 7.99. The maximum atomic E-state index is 12.3. The van der Waals surface area contributed by atoms with Crippen LogP contribution >= 0.6 is 35.0 Å². The summed E-state index contributed by atoms with van der Waals surface area (Å²) in [6.45, 7) is 1.85. The Bertz CT molecular complexity index is 946. The van der Waals surface area contributed by atoms with Crippen LogP contribution in [0.1, 0.15) is 5.56 Å². The fraction of sp³-hybridized carbons (Fsp3) is 0.176. The Kier molecular flexibility index (Phi) is 5.80. The number of carbonyl (C=O) groups is 1. The number of amides is 1. The summed E-state index contributed by atoms with van der Waals surface area (Å²) in [7, 11) is 1.84. The summed E-state index contributed by atoms with van der Waals surface area (Å²) in [4.78, 5) is 16.4. The second kappa shape index (κ2) is 8.07. The van der Waals surface area contributed by atoms with Crippen molar-refractivity contribution in [3.63, 3.8) is 0 Å². The summed E-state index contributed by atoms with van der Waals surface area (Å²) in [5.74, 6) is 0.612. The van der Waals surface area contributed by atoms with Gasteiger partial charge >= 0.3 is 0 Å². The molecular weight excluding hydrogens is 393 g/mol. The van der Waals surface area contributed by atoms with Crippen LogP contribution in [0.25, 0.3) is 11.4 Å². The summed E-state index contributed by atoms with van der Waals surface area (Å²) < 4.78 is 1.82. The van der Waals surface area contributed by atoms with Crippen LogP contribution in [0.15, 0.2) is 41.8 Å². The minimum absolute atomic E-state index is 0.152. The van der Waals surface area contributed by atoms with Gasteiger partial charge in [-0.1, -0.05) is 41.0 Å². The molecule has 0 bridgehead atoms. The molecule has 0 aliphatic rings. The van der Waals surface area contributed by atoms with Crippen LogP contribution in [0.3, 0.4) is 0 Å². The van der Waals surface area contributed by atoms with Crippen LogP contribution < -0.4 is 5.32 Å². The number of nitrogens with zero attached hydrogens (tertiary/aromatic N) is 4. The van der Waals surface area contributed by atoms with E-state index in [-0.39, 0.29) is 11.7 Å². The molecule has 134 valence electrons. The van der Waals surface area contributed by atoms with Gasteiger partial charge in [0, 0.05) is 25.0 Å². The lowest BCUT2D eigenvalue weighted by molar-refractivity contribution is -0.113. The fourth-order valence-electron chi connectivity index (χ4n) is 2.26. The molecular formula is C17H15Cl2N5OS. The molecule has 26 heavy (non-hydrogen) atoms. The van der Waals surface area contributed by atoms with Crippen molar-refractivity contribution in [1.82, 2.24) is 19.7 Å². The quantitative estimate of drug-likeness (QED) is 0.640. The van der Waals surface area contributed by atoms with E-state index in [1.54, 1.807) is 24.5 Å². The van der Waals surface area contributed by atoms with Gasteiger partial charge in [0.15, 0.2) is 11.0 Å². The fourth-order valence-corrected chi connectivity index (χ4v) is 3.44. The number of nitrogens with one attached hydrogen (secondary N) is 1. The Balaban J connectivity index is 1.68. The van der Waals surface area contributed by atoms with Crippen molar-refractivity contribution in [2.45, 2.75) is 12.1 Å². The smallest absolute Gasteiger partial charge is 0.234 e. The molecule has 1 aromatic carbocycles. The summed E-state index contributed by atoms with van der Waals surface area (Å²) in [5.41, 5.74) is 2.12. The number of aromatic nitrogens is 4. The molecule has 0 saturated carbocycles. The molecule has 3 rings (SSSR count). The largest absolute Gasteiger partial charge is 0.323 e. The maximum absolute atomic E-state index is 12.3. The standard InChI is InChI=1S/C17H15Cl2N5OS/c1-10-5-6-12(18)15(14(10)19)21-13(25)9-26-17-23-22-16(24(17)2)11-4-3-7-20-8-11/h3-8H,9H2,1-2H3,(H,21,25). The second-order valence-corrected chi connectivity index (χ2v) is 7.22. The topological polar surface area (TPSA) is 72.7 Å². The minimum atomic E-state index is -0.227. The van der Waals surface area contributed by atoms with Gasteiger partial charge in [-0.05, 0) is 30.7 Å². The van der Waals surface area contributed by atoms with Crippen molar-refractivity contribution in [2.75, 3.05) is 11.1 Å². The van der Waals surface area contributed by atoms with Gasteiger partial charge in [0.1, 0.15) is 0 Å². The van der Waals surface area contributed by atoms with E-state index in [2.05, 4.69) is 20.5 Å². The lowest BCUT2D eigenvalue weighted by Gasteiger charge is -2.11. The molecule has 0 unspecified atom stereocenters. The van der Waals surface area contributed by atoms with Gasteiger partial charge in [-0.15, -0.1) is 10.2 Å².